The Morgan fingerprint density at radius 1 is 1.47 bits per heavy atom. The highest BCUT2D eigenvalue weighted by molar-refractivity contribution is 6.32. The van der Waals surface area contributed by atoms with Crippen molar-refractivity contribution in [2.24, 2.45) is 0 Å². The van der Waals surface area contributed by atoms with Gasteiger partial charge >= 0.3 is 0 Å². The number of fused-ring (bicyclic) bond motifs is 1. The molecule has 1 N–H and O–H groups in total. The Morgan fingerprint density at radius 2 is 2.27 bits per heavy atom. The van der Waals surface area contributed by atoms with E-state index in [2.05, 4.69) is 4.98 Å². The Labute approximate surface area is 92.3 Å². The normalized spacial score (nSPS) is 16.9. The molecule has 2 aromatic rings. The van der Waals surface area contributed by atoms with E-state index < -0.39 is 0 Å². The van der Waals surface area contributed by atoms with Crippen LogP contribution in [-0.2, 0) is 0 Å². The van der Waals surface area contributed by atoms with Gasteiger partial charge in [0, 0.05) is 18.2 Å². The molecule has 2 aromatic heterocycles. The number of hydrogen-bond acceptors (Lipinski definition) is 2. The highest BCUT2D eigenvalue weighted by atomic mass is 35.5. The minimum atomic E-state index is 0.226. The summed E-state index contributed by atoms with van der Waals surface area (Å²) in [6.07, 6.45) is 5.49. The van der Waals surface area contributed by atoms with E-state index in [9.17, 15) is 5.11 Å². The molecule has 78 valence electrons. The summed E-state index contributed by atoms with van der Waals surface area (Å²) >= 11 is 6.03. The van der Waals surface area contributed by atoms with Crippen molar-refractivity contribution in [2.75, 3.05) is 0 Å². The lowest BCUT2D eigenvalue weighted by molar-refractivity contribution is 0.400. The van der Waals surface area contributed by atoms with Crippen molar-refractivity contribution in [3.63, 3.8) is 0 Å². The molecule has 0 bridgehead atoms. The lowest BCUT2D eigenvalue weighted by atomic mass is 9.85. The predicted molar refractivity (Wildman–Crippen MR) is 58.5 cm³/mol. The third-order valence-electron chi connectivity index (χ3n) is 3.08. The Balaban J connectivity index is 2.22. The van der Waals surface area contributed by atoms with Crippen molar-refractivity contribution >= 4 is 17.1 Å². The number of aromatic nitrogens is 2. The van der Waals surface area contributed by atoms with E-state index in [1.807, 2.05) is 10.6 Å². The van der Waals surface area contributed by atoms with E-state index in [-0.39, 0.29) is 5.75 Å². The summed E-state index contributed by atoms with van der Waals surface area (Å²) in [4.78, 5) is 4.37. The molecule has 0 atom stereocenters. The van der Waals surface area contributed by atoms with E-state index >= 15 is 0 Å². The summed E-state index contributed by atoms with van der Waals surface area (Å²) < 4.78 is 1.98. The van der Waals surface area contributed by atoms with Crippen LogP contribution >= 0.6 is 11.6 Å². The number of aromatic hydroxyl groups is 1. The van der Waals surface area contributed by atoms with Crippen molar-refractivity contribution in [1.82, 2.24) is 9.38 Å². The highest BCUT2D eigenvalue weighted by Gasteiger charge is 2.25. The first-order valence-corrected chi connectivity index (χ1v) is 5.50. The Hall–Kier alpha value is -1.22. The molecule has 1 saturated carbocycles. The number of imidazole rings is 1. The Kier molecular flexibility index (Phi) is 1.89. The quantitative estimate of drug-likeness (QED) is 0.806. The van der Waals surface area contributed by atoms with Gasteiger partial charge in [0.05, 0.1) is 5.52 Å². The van der Waals surface area contributed by atoms with Gasteiger partial charge in [0.25, 0.3) is 0 Å². The first-order chi connectivity index (χ1) is 7.25. The molecular weight excluding hydrogens is 212 g/mol. The molecule has 0 spiro atoms. The van der Waals surface area contributed by atoms with E-state index in [0.29, 0.717) is 11.1 Å². The fraction of sp³-hybridized carbons (Fsp3) is 0.364. The van der Waals surface area contributed by atoms with Gasteiger partial charge in [0.1, 0.15) is 11.6 Å². The van der Waals surface area contributed by atoms with Crippen LogP contribution in [0.15, 0.2) is 18.3 Å². The van der Waals surface area contributed by atoms with Crippen LogP contribution in [0.4, 0.5) is 0 Å². The minimum Gasteiger partial charge on any atom is -0.508 e. The maximum atomic E-state index is 9.37. The molecule has 3 nitrogen and oxygen atoms in total. The fourth-order valence-electron chi connectivity index (χ4n) is 2.01. The van der Waals surface area contributed by atoms with Gasteiger partial charge in [0.15, 0.2) is 5.15 Å². The summed E-state index contributed by atoms with van der Waals surface area (Å²) in [5.74, 6) is 1.79. The van der Waals surface area contributed by atoms with Crippen LogP contribution in [0.1, 0.15) is 31.0 Å². The molecule has 4 heteroatoms. The zero-order valence-electron chi connectivity index (χ0n) is 8.15. The van der Waals surface area contributed by atoms with Gasteiger partial charge in [-0.15, -0.1) is 0 Å². The second-order valence-corrected chi connectivity index (χ2v) is 4.39. The molecule has 0 saturated heterocycles. The SMILES string of the molecule is Oc1ccn2c(C3CCC3)nc(Cl)c2c1. The second-order valence-electron chi connectivity index (χ2n) is 4.03. The monoisotopic (exact) mass is 222 g/mol. The van der Waals surface area contributed by atoms with Crippen molar-refractivity contribution in [2.45, 2.75) is 25.2 Å². The van der Waals surface area contributed by atoms with Crippen LogP contribution in [0, 0.1) is 0 Å². The average molecular weight is 223 g/mol. The van der Waals surface area contributed by atoms with E-state index in [1.54, 1.807) is 12.1 Å². The maximum absolute atomic E-state index is 9.37. The first kappa shape index (κ1) is 9.04. The smallest absolute Gasteiger partial charge is 0.155 e. The molecule has 1 fully saturated rings. The topological polar surface area (TPSA) is 37.5 Å². The number of nitrogens with zero attached hydrogens (tertiary/aromatic N) is 2. The van der Waals surface area contributed by atoms with E-state index in [1.165, 1.54) is 19.3 Å². The highest BCUT2D eigenvalue weighted by Crippen LogP contribution is 2.37. The van der Waals surface area contributed by atoms with Gasteiger partial charge in [-0.3, -0.25) is 0 Å². The second kappa shape index (κ2) is 3.14. The summed E-state index contributed by atoms with van der Waals surface area (Å²) in [6, 6.07) is 3.31. The molecule has 2 heterocycles. The number of rotatable bonds is 1. The summed E-state index contributed by atoms with van der Waals surface area (Å²) in [5.41, 5.74) is 0.790. The van der Waals surface area contributed by atoms with Gasteiger partial charge in [-0.05, 0) is 18.9 Å². The molecule has 3 rings (SSSR count). The third kappa shape index (κ3) is 1.30. The van der Waals surface area contributed by atoms with Gasteiger partial charge in [-0.25, -0.2) is 4.98 Å². The van der Waals surface area contributed by atoms with Crippen molar-refractivity contribution < 1.29 is 5.11 Å². The van der Waals surface area contributed by atoms with Gasteiger partial charge in [-0.2, -0.15) is 0 Å². The van der Waals surface area contributed by atoms with Crippen LogP contribution in [0.2, 0.25) is 5.15 Å². The van der Waals surface area contributed by atoms with E-state index in [0.717, 1.165) is 11.3 Å². The Morgan fingerprint density at radius 3 is 2.93 bits per heavy atom. The number of halogens is 1. The average Bonchev–Trinajstić information content (AvgIpc) is 2.41. The molecule has 0 aliphatic heterocycles. The standard InChI is InChI=1S/C11H11ClN2O/c12-10-9-6-8(15)4-5-14(9)11(13-10)7-2-1-3-7/h4-7,15H,1-3H2. The van der Waals surface area contributed by atoms with Crippen LogP contribution in [0.5, 0.6) is 5.75 Å². The molecule has 15 heavy (non-hydrogen) atoms. The van der Waals surface area contributed by atoms with Crippen molar-refractivity contribution in [3.8, 4) is 5.75 Å². The van der Waals surface area contributed by atoms with Crippen LogP contribution < -0.4 is 0 Å². The fourth-order valence-corrected chi connectivity index (χ4v) is 2.25. The summed E-state index contributed by atoms with van der Waals surface area (Å²) in [5, 5.41) is 9.85. The van der Waals surface area contributed by atoms with Crippen molar-refractivity contribution in [3.05, 3.63) is 29.3 Å². The van der Waals surface area contributed by atoms with Gasteiger partial charge in [-0.1, -0.05) is 18.0 Å². The lowest BCUT2D eigenvalue weighted by Gasteiger charge is -2.23. The molecule has 0 radical (unpaired) electrons. The number of hydrogen-bond donors (Lipinski definition) is 1. The van der Waals surface area contributed by atoms with Crippen molar-refractivity contribution in [1.29, 1.82) is 0 Å². The molecular formula is C11H11ClN2O. The molecule has 0 amide bonds. The zero-order chi connectivity index (χ0) is 10.4. The first-order valence-electron chi connectivity index (χ1n) is 5.12. The summed E-state index contributed by atoms with van der Waals surface area (Å²) in [7, 11) is 0. The predicted octanol–water partition coefficient (Wildman–Crippen LogP) is 2.96. The van der Waals surface area contributed by atoms with Crippen LogP contribution in [-0.4, -0.2) is 14.5 Å². The van der Waals surface area contributed by atoms with Crippen LogP contribution in [0.3, 0.4) is 0 Å². The third-order valence-corrected chi connectivity index (χ3v) is 3.36. The zero-order valence-corrected chi connectivity index (χ0v) is 8.91. The van der Waals surface area contributed by atoms with Crippen LogP contribution in [0.25, 0.3) is 5.52 Å². The maximum Gasteiger partial charge on any atom is 0.155 e. The van der Waals surface area contributed by atoms with Gasteiger partial charge < -0.3 is 9.51 Å². The summed E-state index contributed by atoms with van der Waals surface area (Å²) in [6.45, 7) is 0. The molecule has 1 aliphatic rings. The molecule has 0 aromatic carbocycles. The Bertz CT molecular complexity index is 517. The largest absolute Gasteiger partial charge is 0.508 e. The minimum absolute atomic E-state index is 0.226. The van der Waals surface area contributed by atoms with E-state index in [4.69, 9.17) is 11.6 Å². The van der Waals surface area contributed by atoms with Gasteiger partial charge in [0.2, 0.25) is 0 Å². The number of pyridine rings is 1. The molecule has 1 aliphatic carbocycles. The lowest BCUT2D eigenvalue weighted by Crippen LogP contribution is -2.12. The molecule has 0 unspecified atom stereocenters.